The molecular weight excluding hydrogens is 679 g/mol. The lowest BCUT2D eigenvalue weighted by atomic mass is 9.49. The first-order valence-electron chi connectivity index (χ1n) is 21.2. The predicted molar refractivity (Wildman–Crippen MR) is 223 cm³/mol. The summed E-state index contributed by atoms with van der Waals surface area (Å²) in [6, 6.07) is 22.8. The average molecular weight is 738 g/mol. The largest absolute Gasteiger partial charge is 0.511 e. The van der Waals surface area contributed by atoms with Crippen LogP contribution < -0.4 is 16.2 Å². The van der Waals surface area contributed by atoms with Crippen LogP contribution >= 0.6 is 0 Å². The van der Waals surface area contributed by atoms with Gasteiger partial charge in [-0.15, -0.1) is 0 Å². The Hall–Kier alpha value is -4.35. The number of carboxylic acid groups (broad SMARTS) is 1. The van der Waals surface area contributed by atoms with Gasteiger partial charge in [-0.05, 0) is 140 Å². The second-order valence-electron chi connectivity index (χ2n) is 17.4. The molecule has 1 spiro atoms. The van der Waals surface area contributed by atoms with Crippen molar-refractivity contribution in [2.24, 2.45) is 41.2 Å². The summed E-state index contributed by atoms with van der Waals surface area (Å²) in [6.45, 7) is 0.755. The molecule has 5 nitrogen and oxygen atoms in total. The average Bonchev–Trinajstić information content (AvgIpc) is 3.64. The number of benzene rings is 3. The van der Waals surface area contributed by atoms with E-state index in [0.29, 0.717) is 24.5 Å². The van der Waals surface area contributed by atoms with Crippen molar-refractivity contribution < 1.29 is 20.1 Å². The Morgan fingerprint density at radius 1 is 0.873 bits per heavy atom. The number of aliphatic carboxylic acids is 1. The summed E-state index contributed by atoms with van der Waals surface area (Å²) in [4.78, 5) is 13.6. The van der Waals surface area contributed by atoms with E-state index in [0.717, 1.165) is 66.1 Å². The number of allylic oxidation sites excluding steroid dienone is 4. The van der Waals surface area contributed by atoms with Crippen LogP contribution in [0.1, 0.15) is 112 Å². The van der Waals surface area contributed by atoms with Crippen LogP contribution in [0.2, 0.25) is 0 Å². The first kappa shape index (κ1) is 37.6. The summed E-state index contributed by atoms with van der Waals surface area (Å²) in [5, 5.41) is 35.2. The van der Waals surface area contributed by atoms with E-state index in [2.05, 4.69) is 72.9 Å². The number of carbonyl (C=O) groups is 1. The Kier molecular flexibility index (Phi) is 11.2. The minimum atomic E-state index is -0.751. The number of aromatic hydroxyl groups is 1. The number of phenols is 1. The molecule has 5 N–H and O–H groups in total. The number of unbranched alkanes of at least 4 members (excludes halogenated alkanes) is 3. The molecule has 2 bridgehead atoms. The normalized spacial score (nSPS) is 29.5. The number of rotatable bonds is 11. The van der Waals surface area contributed by atoms with Crippen LogP contribution in [-0.4, -0.2) is 27.8 Å². The van der Waals surface area contributed by atoms with Crippen LogP contribution in [0.5, 0.6) is 5.75 Å². The molecule has 288 valence electrons. The topological polar surface area (TPSA) is 104 Å². The summed E-state index contributed by atoms with van der Waals surface area (Å²) < 4.78 is 0. The third-order valence-corrected chi connectivity index (χ3v) is 14.3. The first-order chi connectivity index (χ1) is 26.8. The quantitative estimate of drug-likeness (QED) is 0.116. The first-order valence-corrected chi connectivity index (χ1v) is 21.2. The van der Waals surface area contributed by atoms with E-state index in [1.807, 2.05) is 30.3 Å². The van der Waals surface area contributed by atoms with Crippen LogP contribution in [0.15, 0.2) is 96.6 Å². The number of hydrogen-bond acceptors (Lipinski definition) is 4. The van der Waals surface area contributed by atoms with Crippen molar-refractivity contribution in [3.05, 3.63) is 129 Å². The molecule has 0 radical (unpaired) electrons. The van der Waals surface area contributed by atoms with Crippen LogP contribution in [0.3, 0.4) is 0 Å². The molecule has 0 saturated heterocycles. The highest BCUT2D eigenvalue weighted by molar-refractivity contribution is 5.76. The summed E-state index contributed by atoms with van der Waals surface area (Å²) in [5.41, 5.74) is 11.4. The van der Waals surface area contributed by atoms with E-state index in [-0.39, 0.29) is 29.4 Å². The lowest BCUT2D eigenvalue weighted by Crippen LogP contribution is -2.54. The monoisotopic (exact) mass is 737 g/mol. The summed E-state index contributed by atoms with van der Waals surface area (Å²) in [6.07, 6.45) is 28.3. The molecule has 0 amide bonds. The van der Waals surface area contributed by atoms with Gasteiger partial charge in [0.2, 0.25) is 0 Å². The zero-order valence-electron chi connectivity index (χ0n) is 32.3. The minimum absolute atomic E-state index is 0.0431. The fourth-order valence-corrected chi connectivity index (χ4v) is 11.5. The smallest absolute Gasteiger partial charge is 0.307 e. The molecule has 5 heteroatoms. The van der Waals surface area contributed by atoms with Gasteiger partial charge < -0.3 is 21.1 Å². The lowest BCUT2D eigenvalue weighted by Gasteiger charge is -2.54. The van der Waals surface area contributed by atoms with Gasteiger partial charge in [0.1, 0.15) is 11.5 Å². The van der Waals surface area contributed by atoms with E-state index in [9.17, 15) is 20.1 Å². The molecule has 55 heavy (non-hydrogen) atoms. The number of carboxylic acids is 1. The van der Waals surface area contributed by atoms with E-state index in [1.54, 1.807) is 5.57 Å². The van der Waals surface area contributed by atoms with Gasteiger partial charge in [-0.25, -0.2) is 0 Å². The van der Waals surface area contributed by atoms with Crippen LogP contribution in [-0.2, 0) is 16.6 Å². The Morgan fingerprint density at radius 3 is 2.49 bits per heavy atom. The Morgan fingerprint density at radius 2 is 1.67 bits per heavy atom. The number of fused-ring (bicyclic) bond motifs is 3. The van der Waals surface area contributed by atoms with Gasteiger partial charge in [-0.3, -0.25) is 4.79 Å². The predicted octanol–water partition coefficient (Wildman–Crippen LogP) is 9.48. The van der Waals surface area contributed by atoms with Gasteiger partial charge in [-0.2, -0.15) is 0 Å². The molecule has 0 heterocycles. The van der Waals surface area contributed by atoms with Gasteiger partial charge >= 0.3 is 5.97 Å². The molecule has 0 aliphatic heterocycles. The number of hydrogen-bond donors (Lipinski definition) is 4. The van der Waals surface area contributed by atoms with E-state index < -0.39 is 17.3 Å². The van der Waals surface area contributed by atoms with Gasteiger partial charge in [0.05, 0.1) is 5.92 Å². The van der Waals surface area contributed by atoms with Crippen molar-refractivity contribution in [1.82, 2.24) is 0 Å². The van der Waals surface area contributed by atoms with Crippen molar-refractivity contribution in [2.75, 3.05) is 6.54 Å². The molecule has 0 unspecified atom stereocenters. The van der Waals surface area contributed by atoms with Crippen LogP contribution in [0.4, 0.5) is 0 Å². The second kappa shape index (κ2) is 16.4. The lowest BCUT2D eigenvalue weighted by molar-refractivity contribution is -0.146. The maximum atomic E-state index is 13.6. The molecule has 1 fully saturated rings. The summed E-state index contributed by atoms with van der Waals surface area (Å²) >= 11 is 0. The van der Waals surface area contributed by atoms with Crippen LogP contribution in [0, 0.1) is 35.5 Å². The molecule has 0 aromatic heterocycles. The summed E-state index contributed by atoms with van der Waals surface area (Å²) in [7, 11) is 0. The Balaban J connectivity index is 1.09. The van der Waals surface area contributed by atoms with Crippen molar-refractivity contribution in [3.63, 3.8) is 0 Å². The third kappa shape index (κ3) is 7.62. The number of nitrogens with two attached hydrogens (primary N) is 1. The van der Waals surface area contributed by atoms with E-state index >= 15 is 0 Å². The van der Waals surface area contributed by atoms with Gasteiger partial charge in [-0.1, -0.05) is 122 Å². The van der Waals surface area contributed by atoms with E-state index in [4.69, 9.17) is 5.73 Å². The number of aliphatic hydroxyl groups is 1. The van der Waals surface area contributed by atoms with Crippen molar-refractivity contribution in [2.45, 2.75) is 101 Å². The molecular formula is C50H59NO4. The maximum Gasteiger partial charge on any atom is 0.307 e. The Labute approximate surface area is 327 Å². The standard InChI is InChI=1S/C50H59NO4/c51-26-25-34-16-15-33(27-34)9-3-1-2-4-10-36-11-6-8-14-46(49(54)55)50-32-45-40(30-39-12-5-7-13-43(39)48(45)53)31-41(50)22-19-38-18-17-35(29-47(38)50)28-44(36)37-20-23-42(52)24-21-37/h5-8,12-13,17-24,27,29-30,33,36,40-41,44-46,52-53H,1-4,9-11,14-16,25-26,28,31-32,51H2,(H,54,55)/t33-,36-,40-,41+,44+,45-,46+,50-/m1/s1. The maximum absolute atomic E-state index is 13.6. The fourth-order valence-electron chi connectivity index (χ4n) is 11.5. The van der Waals surface area contributed by atoms with Gasteiger partial charge in [0.15, 0.2) is 0 Å². The van der Waals surface area contributed by atoms with Crippen LogP contribution in [0.25, 0.3) is 17.9 Å². The molecule has 5 aliphatic rings. The summed E-state index contributed by atoms with van der Waals surface area (Å²) in [5.74, 6) is 0.757. The zero-order valence-corrected chi connectivity index (χ0v) is 32.3. The molecule has 1 saturated carbocycles. The molecule has 8 rings (SSSR count). The zero-order chi connectivity index (χ0) is 37.9. The highest BCUT2D eigenvalue weighted by atomic mass is 16.4. The van der Waals surface area contributed by atoms with Crippen molar-refractivity contribution in [3.8, 4) is 5.75 Å². The van der Waals surface area contributed by atoms with Gasteiger partial charge in [0, 0.05) is 16.6 Å². The fraction of sp³-hybridized carbons (Fsp3) is 0.460. The Bertz CT molecular complexity index is 2080. The minimum Gasteiger partial charge on any atom is -0.511 e. The SMILES string of the molecule is NCCC1=C[C@H](CCCCCC[C@@H]2CC=CC[C@@H](C(=O)O)[C@@]34C[C@H]5C(O)=c6ccccc6=C[C@@H]5C[C@@H]3C=Cc3ccc(cc34)C[C@@H]2c2ccc(O)cc2)CC1. The third-order valence-electron chi connectivity index (χ3n) is 14.3. The molecule has 8 atom stereocenters. The number of aliphatic hydroxyl groups excluding tert-OH is 1. The van der Waals surface area contributed by atoms with Gasteiger partial charge in [0.25, 0.3) is 0 Å². The molecule has 3 aromatic carbocycles. The second-order valence-corrected chi connectivity index (χ2v) is 17.4. The molecule has 5 aliphatic carbocycles. The van der Waals surface area contributed by atoms with E-state index in [1.165, 1.54) is 56.1 Å². The number of phenolic OH excluding ortho intramolecular Hbond substituents is 1. The highest BCUT2D eigenvalue weighted by Gasteiger charge is 2.56. The molecule has 3 aromatic rings. The highest BCUT2D eigenvalue weighted by Crippen LogP contribution is 2.59. The van der Waals surface area contributed by atoms with Crippen molar-refractivity contribution in [1.29, 1.82) is 0 Å². The van der Waals surface area contributed by atoms with Crippen molar-refractivity contribution >= 4 is 23.9 Å².